The number of anilines is 1. The van der Waals surface area contributed by atoms with Gasteiger partial charge in [0.1, 0.15) is 11.5 Å². The van der Waals surface area contributed by atoms with Crippen molar-refractivity contribution in [2.45, 2.75) is 0 Å². The van der Waals surface area contributed by atoms with Crippen LogP contribution in [0.5, 0.6) is 0 Å². The average molecular weight is 350 g/mol. The Kier molecular flexibility index (Phi) is 3.98. The summed E-state index contributed by atoms with van der Waals surface area (Å²) in [7, 11) is 0. The van der Waals surface area contributed by atoms with E-state index in [4.69, 9.17) is 8.83 Å². The van der Waals surface area contributed by atoms with Crippen LogP contribution >= 0.6 is 0 Å². The van der Waals surface area contributed by atoms with Crippen molar-refractivity contribution in [2.75, 3.05) is 5.32 Å². The maximum absolute atomic E-state index is 13.7. The third-order valence-corrected chi connectivity index (χ3v) is 3.51. The first-order chi connectivity index (χ1) is 12.7. The smallest absolute Gasteiger partial charge is 0.283 e. The fourth-order valence-corrected chi connectivity index (χ4v) is 2.30. The number of pyridine rings is 1. The van der Waals surface area contributed by atoms with E-state index in [9.17, 15) is 9.18 Å². The minimum absolute atomic E-state index is 0.0521. The number of furan rings is 1. The number of nitrogens with zero attached hydrogens (tertiary/aromatic N) is 3. The van der Waals surface area contributed by atoms with E-state index in [-0.39, 0.29) is 17.3 Å². The van der Waals surface area contributed by atoms with Crippen LogP contribution < -0.4 is 5.32 Å². The highest BCUT2D eigenvalue weighted by atomic mass is 19.1. The predicted octanol–water partition coefficient (Wildman–Crippen LogP) is 3.78. The maximum Gasteiger partial charge on any atom is 0.283 e. The molecule has 1 N–H and O–H groups in total. The summed E-state index contributed by atoms with van der Waals surface area (Å²) in [5.41, 5.74) is 0.728. The Hall–Kier alpha value is -3.81. The number of aromatic nitrogens is 3. The molecule has 1 aromatic carbocycles. The fourth-order valence-electron chi connectivity index (χ4n) is 2.30. The van der Waals surface area contributed by atoms with Gasteiger partial charge in [-0.3, -0.25) is 9.78 Å². The van der Waals surface area contributed by atoms with E-state index in [0.29, 0.717) is 17.1 Å². The first-order valence-corrected chi connectivity index (χ1v) is 7.60. The first-order valence-electron chi connectivity index (χ1n) is 7.60. The molecule has 0 bridgehead atoms. The topological polar surface area (TPSA) is 94.1 Å². The van der Waals surface area contributed by atoms with E-state index in [2.05, 4.69) is 20.5 Å². The molecular weight excluding hydrogens is 339 g/mol. The van der Waals surface area contributed by atoms with Gasteiger partial charge in [0.15, 0.2) is 5.76 Å². The lowest BCUT2D eigenvalue weighted by molar-refractivity contribution is 0.102. The van der Waals surface area contributed by atoms with Gasteiger partial charge in [0.25, 0.3) is 17.7 Å². The van der Waals surface area contributed by atoms with Crippen molar-refractivity contribution in [1.82, 2.24) is 15.2 Å². The van der Waals surface area contributed by atoms with Crippen molar-refractivity contribution in [2.24, 2.45) is 0 Å². The second-order valence-corrected chi connectivity index (χ2v) is 5.25. The summed E-state index contributed by atoms with van der Waals surface area (Å²) < 4.78 is 24.4. The van der Waals surface area contributed by atoms with E-state index in [1.165, 1.54) is 30.7 Å². The molecule has 3 aromatic heterocycles. The van der Waals surface area contributed by atoms with Gasteiger partial charge in [0.05, 0.1) is 11.8 Å². The van der Waals surface area contributed by atoms with Crippen molar-refractivity contribution >= 4 is 11.6 Å². The lowest BCUT2D eigenvalue weighted by Gasteiger charge is -2.06. The molecule has 4 aromatic rings. The predicted molar refractivity (Wildman–Crippen MR) is 89.6 cm³/mol. The Morgan fingerprint density at radius 3 is 2.69 bits per heavy atom. The summed E-state index contributed by atoms with van der Waals surface area (Å²) in [6.45, 7) is 0. The lowest BCUT2D eigenvalue weighted by Crippen LogP contribution is -2.13. The molecule has 0 saturated carbocycles. The molecule has 1 amide bonds. The van der Waals surface area contributed by atoms with Crippen LogP contribution in [-0.2, 0) is 0 Å². The van der Waals surface area contributed by atoms with Crippen molar-refractivity contribution in [3.05, 3.63) is 72.4 Å². The van der Waals surface area contributed by atoms with Crippen molar-refractivity contribution in [3.63, 3.8) is 0 Å². The molecule has 0 radical (unpaired) electrons. The average Bonchev–Trinajstić information content (AvgIpc) is 3.34. The van der Waals surface area contributed by atoms with Gasteiger partial charge >= 0.3 is 0 Å². The fraction of sp³-hybridized carbons (Fsp3) is 0. The van der Waals surface area contributed by atoms with Gasteiger partial charge in [-0.15, -0.1) is 10.2 Å². The third kappa shape index (κ3) is 3.07. The van der Waals surface area contributed by atoms with Gasteiger partial charge in [-0.2, -0.15) is 0 Å². The summed E-state index contributed by atoms with van der Waals surface area (Å²) >= 11 is 0. The molecule has 0 atom stereocenters. The third-order valence-electron chi connectivity index (χ3n) is 3.51. The molecular formula is C18H11FN4O3. The SMILES string of the molecule is O=C(Nc1ccnc(-c2nnc(-c3ccco3)o2)c1)c1ccccc1F. The van der Waals surface area contributed by atoms with E-state index in [1.54, 1.807) is 30.3 Å². The lowest BCUT2D eigenvalue weighted by atomic mass is 10.2. The number of amides is 1. The summed E-state index contributed by atoms with van der Waals surface area (Å²) in [5, 5.41) is 10.4. The van der Waals surface area contributed by atoms with Gasteiger partial charge in [0.2, 0.25) is 0 Å². The van der Waals surface area contributed by atoms with Crippen LogP contribution in [0.25, 0.3) is 23.2 Å². The molecule has 0 fully saturated rings. The zero-order chi connectivity index (χ0) is 17.9. The van der Waals surface area contributed by atoms with Crippen molar-refractivity contribution in [1.29, 1.82) is 0 Å². The Labute approximate surface area is 146 Å². The minimum atomic E-state index is -0.598. The highest BCUT2D eigenvalue weighted by molar-refractivity contribution is 6.04. The van der Waals surface area contributed by atoms with Crippen LogP contribution in [0.2, 0.25) is 0 Å². The van der Waals surface area contributed by atoms with Gasteiger partial charge in [-0.05, 0) is 36.4 Å². The molecule has 7 nitrogen and oxygen atoms in total. The molecule has 3 heterocycles. The Balaban J connectivity index is 1.57. The van der Waals surface area contributed by atoms with Crippen LogP contribution in [0.15, 0.2) is 69.8 Å². The normalized spacial score (nSPS) is 10.7. The molecule has 0 unspecified atom stereocenters. The maximum atomic E-state index is 13.7. The van der Waals surface area contributed by atoms with E-state index >= 15 is 0 Å². The number of halogens is 1. The van der Waals surface area contributed by atoms with Gasteiger partial charge < -0.3 is 14.2 Å². The van der Waals surface area contributed by atoms with Crippen LogP contribution in [0, 0.1) is 5.82 Å². The van der Waals surface area contributed by atoms with Gasteiger partial charge in [-0.1, -0.05) is 12.1 Å². The van der Waals surface area contributed by atoms with Crippen molar-refractivity contribution in [3.8, 4) is 23.2 Å². The molecule has 0 aliphatic rings. The summed E-state index contributed by atoms with van der Waals surface area (Å²) in [4.78, 5) is 16.4. The molecule has 128 valence electrons. The minimum Gasteiger partial charge on any atom is -0.459 e. The number of hydrogen-bond acceptors (Lipinski definition) is 6. The van der Waals surface area contributed by atoms with E-state index in [0.717, 1.165) is 0 Å². The van der Waals surface area contributed by atoms with E-state index < -0.39 is 11.7 Å². The zero-order valence-electron chi connectivity index (χ0n) is 13.2. The number of rotatable bonds is 4. The quantitative estimate of drug-likeness (QED) is 0.602. The summed E-state index contributed by atoms with van der Waals surface area (Å²) in [6, 6.07) is 12.3. The van der Waals surface area contributed by atoms with Crippen molar-refractivity contribution < 1.29 is 18.0 Å². The van der Waals surface area contributed by atoms with Gasteiger partial charge in [0, 0.05) is 11.9 Å². The van der Waals surface area contributed by atoms with E-state index in [1.807, 2.05) is 0 Å². The zero-order valence-corrected chi connectivity index (χ0v) is 13.2. The molecule has 0 aliphatic carbocycles. The molecule has 8 heteroatoms. The second kappa shape index (κ2) is 6.60. The molecule has 0 spiro atoms. The highest BCUT2D eigenvalue weighted by Gasteiger charge is 2.15. The first kappa shape index (κ1) is 15.7. The number of carbonyl (C=O) groups is 1. The highest BCUT2D eigenvalue weighted by Crippen LogP contribution is 2.24. The molecule has 0 aliphatic heterocycles. The molecule has 26 heavy (non-hydrogen) atoms. The molecule has 4 rings (SSSR count). The van der Waals surface area contributed by atoms with Crippen LogP contribution in [0.3, 0.4) is 0 Å². The monoisotopic (exact) mass is 350 g/mol. The summed E-state index contributed by atoms with van der Waals surface area (Å²) in [5.74, 6) is -0.347. The van der Waals surface area contributed by atoms with Crippen LogP contribution in [0.1, 0.15) is 10.4 Å². The van der Waals surface area contributed by atoms with Crippen LogP contribution in [0.4, 0.5) is 10.1 Å². The summed E-state index contributed by atoms with van der Waals surface area (Å²) in [6.07, 6.45) is 2.97. The Bertz CT molecular complexity index is 1060. The largest absolute Gasteiger partial charge is 0.459 e. The number of hydrogen-bond donors (Lipinski definition) is 1. The number of nitrogens with one attached hydrogen (secondary N) is 1. The van der Waals surface area contributed by atoms with Gasteiger partial charge in [-0.25, -0.2) is 4.39 Å². The number of carbonyl (C=O) groups excluding carboxylic acids is 1. The number of benzene rings is 1. The Morgan fingerprint density at radius 1 is 1.04 bits per heavy atom. The molecule has 0 saturated heterocycles. The second-order valence-electron chi connectivity index (χ2n) is 5.25. The standard InChI is InChI=1S/C18H11FN4O3/c19-13-5-2-1-4-12(13)16(24)21-11-7-8-20-14(10-11)17-22-23-18(26-17)15-6-3-9-25-15/h1-10H,(H,20,21,24). The van der Waals surface area contributed by atoms with Crippen LogP contribution in [-0.4, -0.2) is 21.1 Å². The Morgan fingerprint density at radius 2 is 1.88 bits per heavy atom.